The molecule has 0 aromatic heterocycles. The number of aryl methyl sites for hydroxylation is 1. The minimum absolute atomic E-state index is 0.266. The van der Waals surface area contributed by atoms with Crippen molar-refractivity contribution in [2.24, 2.45) is 4.99 Å². The number of rotatable bonds is 6. The molecule has 2 aromatic rings. The van der Waals surface area contributed by atoms with E-state index in [0.717, 1.165) is 5.56 Å². The van der Waals surface area contributed by atoms with Gasteiger partial charge in [0.1, 0.15) is 0 Å². The summed E-state index contributed by atoms with van der Waals surface area (Å²) in [6, 6.07) is 10.4. The molecule has 1 aliphatic heterocycles. The molecule has 30 heavy (non-hydrogen) atoms. The first-order valence-corrected chi connectivity index (χ1v) is 10.1. The van der Waals surface area contributed by atoms with Gasteiger partial charge in [-0.25, -0.2) is 9.79 Å². The number of amidine groups is 1. The van der Waals surface area contributed by atoms with Gasteiger partial charge in [0.05, 0.1) is 17.7 Å². The Hall–Kier alpha value is -2.97. The van der Waals surface area contributed by atoms with Crippen molar-refractivity contribution in [2.75, 3.05) is 7.11 Å². The summed E-state index contributed by atoms with van der Waals surface area (Å²) in [5.41, 5.74) is 2.32. The Labute approximate surface area is 182 Å². The van der Waals surface area contributed by atoms with Crippen LogP contribution in [-0.2, 0) is 9.59 Å². The Morgan fingerprint density at radius 2 is 2.03 bits per heavy atom. The predicted molar refractivity (Wildman–Crippen MR) is 118 cm³/mol. The van der Waals surface area contributed by atoms with Crippen LogP contribution in [0.1, 0.15) is 18.1 Å². The number of aliphatic imine (C=N–C) groups is 1. The number of hydrogen-bond acceptors (Lipinski definition) is 6. The topological polar surface area (TPSA) is 97.2 Å². The Kier molecular flexibility index (Phi) is 6.69. The third-order valence-electron chi connectivity index (χ3n) is 4.18. The number of hydrogen-bond donors (Lipinski definition) is 2. The third kappa shape index (κ3) is 5.14. The van der Waals surface area contributed by atoms with Crippen LogP contribution in [0.2, 0.25) is 5.02 Å². The number of benzene rings is 2. The lowest BCUT2D eigenvalue weighted by Gasteiger charge is -2.14. The van der Waals surface area contributed by atoms with Crippen LogP contribution < -0.4 is 14.8 Å². The van der Waals surface area contributed by atoms with Gasteiger partial charge < -0.3 is 19.9 Å². The number of carbonyl (C=O) groups excluding carboxylic acids is 1. The maximum absolute atomic E-state index is 12.3. The zero-order valence-corrected chi connectivity index (χ0v) is 18.0. The zero-order valence-electron chi connectivity index (χ0n) is 16.4. The van der Waals surface area contributed by atoms with E-state index in [1.165, 1.54) is 25.8 Å². The number of amides is 1. The van der Waals surface area contributed by atoms with Gasteiger partial charge in [-0.05, 0) is 67.1 Å². The second-order valence-corrected chi connectivity index (χ2v) is 7.89. The van der Waals surface area contributed by atoms with Crippen molar-refractivity contribution in [1.82, 2.24) is 5.32 Å². The van der Waals surface area contributed by atoms with Crippen LogP contribution in [0, 0.1) is 6.92 Å². The van der Waals surface area contributed by atoms with Crippen LogP contribution in [0.15, 0.2) is 46.3 Å². The first-order chi connectivity index (χ1) is 14.3. The molecule has 1 heterocycles. The van der Waals surface area contributed by atoms with E-state index >= 15 is 0 Å². The lowest BCUT2D eigenvalue weighted by atomic mass is 10.2. The van der Waals surface area contributed by atoms with E-state index in [2.05, 4.69) is 10.3 Å². The summed E-state index contributed by atoms with van der Waals surface area (Å²) in [5, 5.41) is 12.8. The predicted octanol–water partition coefficient (Wildman–Crippen LogP) is 4.40. The minimum atomic E-state index is -1.08. The first kappa shape index (κ1) is 21.7. The van der Waals surface area contributed by atoms with Crippen molar-refractivity contribution in [2.45, 2.75) is 20.0 Å². The average molecular weight is 447 g/mol. The molecule has 1 unspecified atom stereocenters. The fourth-order valence-electron chi connectivity index (χ4n) is 2.56. The number of nitrogens with zero attached hydrogens (tertiary/aromatic N) is 1. The summed E-state index contributed by atoms with van der Waals surface area (Å²) in [4.78, 5) is 28.3. The molecular formula is C21H19ClN2O5S. The van der Waals surface area contributed by atoms with E-state index in [9.17, 15) is 9.59 Å². The van der Waals surface area contributed by atoms with Gasteiger partial charge in [-0.3, -0.25) is 4.79 Å². The molecule has 0 radical (unpaired) electrons. The van der Waals surface area contributed by atoms with Crippen molar-refractivity contribution < 1.29 is 24.2 Å². The average Bonchev–Trinajstić information content (AvgIpc) is 3.04. The Morgan fingerprint density at radius 1 is 1.27 bits per heavy atom. The molecule has 1 atom stereocenters. The molecule has 0 saturated carbocycles. The number of nitrogens with one attached hydrogen (secondary N) is 1. The summed E-state index contributed by atoms with van der Waals surface area (Å²) in [6.45, 7) is 3.34. The van der Waals surface area contributed by atoms with Gasteiger partial charge in [0.25, 0.3) is 5.91 Å². The van der Waals surface area contributed by atoms with Gasteiger partial charge in [-0.1, -0.05) is 23.7 Å². The van der Waals surface area contributed by atoms with E-state index in [1.54, 1.807) is 36.4 Å². The summed E-state index contributed by atoms with van der Waals surface area (Å²) in [6.07, 6.45) is 0.674. The number of aliphatic carboxylic acids is 1. The number of methoxy groups -OCH3 is 1. The lowest BCUT2D eigenvalue weighted by Crippen LogP contribution is -2.23. The summed E-state index contributed by atoms with van der Waals surface area (Å²) >= 11 is 7.24. The van der Waals surface area contributed by atoms with Crippen LogP contribution in [-0.4, -0.2) is 35.4 Å². The molecule has 0 aliphatic carbocycles. The molecule has 2 N–H and O–H groups in total. The maximum atomic E-state index is 12.3. The van der Waals surface area contributed by atoms with Crippen LogP contribution in [0.5, 0.6) is 11.5 Å². The number of carboxylic acids is 1. The highest BCUT2D eigenvalue weighted by Gasteiger charge is 2.24. The molecular weight excluding hydrogens is 428 g/mol. The molecule has 9 heteroatoms. The molecule has 1 amide bonds. The van der Waals surface area contributed by atoms with E-state index in [4.69, 9.17) is 26.2 Å². The standard InChI is InChI=1S/C21H19ClN2O5S/c1-11-4-6-14(22)10-15(11)23-21-24-19(25)18(30-21)9-13-5-7-16(17(8-13)28-3)29-12(2)20(26)27/h4-10,12H,1-3H3,(H,26,27)(H,23,24,25). The number of carbonyl (C=O) groups is 2. The highest BCUT2D eigenvalue weighted by molar-refractivity contribution is 8.18. The highest BCUT2D eigenvalue weighted by Crippen LogP contribution is 2.33. The molecule has 2 aromatic carbocycles. The van der Waals surface area contributed by atoms with Gasteiger partial charge in [0.2, 0.25) is 0 Å². The first-order valence-electron chi connectivity index (χ1n) is 8.90. The van der Waals surface area contributed by atoms with Crippen molar-refractivity contribution in [3.05, 3.63) is 57.5 Å². The van der Waals surface area contributed by atoms with Crippen molar-refractivity contribution in [1.29, 1.82) is 0 Å². The fourth-order valence-corrected chi connectivity index (χ4v) is 3.56. The molecule has 3 rings (SSSR count). The van der Waals surface area contributed by atoms with Gasteiger partial charge in [-0.15, -0.1) is 0 Å². The SMILES string of the molecule is COc1cc(C=C2SC(=Nc3cc(Cl)ccc3C)NC2=O)ccc1OC(C)C(=O)O. The normalized spacial score (nSPS) is 17.1. The minimum Gasteiger partial charge on any atom is -0.493 e. The second-order valence-electron chi connectivity index (χ2n) is 6.42. The lowest BCUT2D eigenvalue weighted by molar-refractivity contribution is -0.144. The molecule has 1 saturated heterocycles. The number of carboxylic acid groups (broad SMARTS) is 1. The number of ether oxygens (including phenoxy) is 2. The van der Waals surface area contributed by atoms with E-state index in [-0.39, 0.29) is 5.91 Å². The van der Waals surface area contributed by atoms with Gasteiger partial charge >= 0.3 is 5.97 Å². The van der Waals surface area contributed by atoms with E-state index < -0.39 is 12.1 Å². The number of thioether (sulfide) groups is 1. The maximum Gasteiger partial charge on any atom is 0.344 e. The van der Waals surface area contributed by atoms with Crippen LogP contribution in [0.25, 0.3) is 6.08 Å². The zero-order chi connectivity index (χ0) is 21.8. The van der Waals surface area contributed by atoms with Crippen molar-refractivity contribution in [3.63, 3.8) is 0 Å². The molecule has 1 fully saturated rings. The third-order valence-corrected chi connectivity index (χ3v) is 5.33. The summed E-state index contributed by atoms with van der Waals surface area (Å²) < 4.78 is 10.7. The van der Waals surface area contributed by atoms with Gasteiger partial charge in [0.15, 0.2) is 22.8 Å². The Morgan fingerprint density at radius 3 is 2.73 bits per heavy atom. The quantitative estimate of drug-likeness (QED) is 0.638. The molecule has 0 spiro atoms. The monoisotopic (exact) mass is 446 g/mol. The van der Waals surface area contributed by atoms with Crippen molar-refractivity contribution >= 4 is 52.2 Å². The summed E-state index contributed by atoms with van der Waals surface area (Å²) in [5.74, 6) is -0.678. The molecule has 1 aliphatic rings. The molecule has 0 bridgehead atoms. The van der Waals surface area contributed by atoms with E-state index in [0.29, 0.717) is 37.8 Å². The van der Waals surface area contributed by atoms with Crippen LogP contribution in [0.3, 0.4) is 0 Å². The summed E-state index contributed by atoms with van der Waals surface area (Å²) in [7, 11) is 1.46. The van der Waals surface area contributed by atoms with Crippen LogP contribution in [0.4, 0.5) is 5.69 Å². The molecule has 156 valence electrons. The largest absolute Gasteiger partial charge is 0.493 e. The second kappa shape index (κ2) is 9.23. The molecule has 7 nitrogen and oxygen atoms in total. The van der Waals surface area contributed by atoms with Crippen molar-refractivity contribution in [3.8, 4) is 11.5 Å². The van der Waals surface area contributed by atoms with Gasteiger partial charge in [0, 0.05) is 5.02 Å². The van der Waals surface area contributed by atoms with Crippen LogP contribution >= 0.6 is 23.4 Å². The Bertz CT molecular complexity index is 1070. The highest BCUT2D eigenvalue weighted by atomic mass is 35.5. The fraction of sp³-hybridized carbons (Fsp3) is 0.190. The van der Waals surface area contributed by atoms with Gasteiger partial charge in [-0.2, -0.15) is 0 Å². The number of halogens is 1. The Balaban J connectivity index is 1.83. The van der Waals surface area contributed by atoms with E-state index in [1.807, 2.05) is 13.0 Å². The smallest absolute Gasteiger partial charge is 0.344 e.